The minimum Gasteiger partial charge on any atom is -0.308 e. The van der Waals surface area contributed by atoms with E-state index < -0.39 is 10.8 Å². The monoisotopic (exact) mass is 295 g/mol. The molecule has 0 radical (unpaired) electrons. The SMILES string of the molecule is CC(CS(C)=O)NCc1csc(-c2ccccn2)n1. The molecular formula is C13H17N3OS2. The van der Waals surface area contributed by atoms with Crippen LogP contribution in [0.1, 0.15) is 12.6 Å². The summed E-state index contributed by atoms with van der Waals surface area (Å²) in [6.45, 7) is 2.73. The first-order chi connectivity index (χ1) is 9.15. The summed E-state index contributed by atoms with van der Waals surface area (Å²) in [7, 11) is -0.768. The van der Waals surface area contributed by atoms with E-state index in [4.69, 9.17) is 0 Å². The molecule has 1 N–H and O–H groups in total. The van der Waals surface area contributed by atoms with E-state index in [1.54, 1.807) is 23.8 Å². The molecule has 0 fully saturated rings. The summed E-state index contributed by atoms with van der Waals surface area (Å²) in [6.07, 6.45) is 3.49. The molecule has 2 aromatic rings. The van der Waals surface area contributed by atoms with Gasteiger partial charge in [-0.1, -0.05) is 6.07 Å². The van der Waals surface area contributed by atoms with Crippen LogP contribution in [0.15, 0.2) is 29.8 Å². The van der Waals surface area contributed by atoms with E-state index in [-0.39, 0.29) is 6.04 Å². The largest absolute Gasteiger partial charge is 0.308 e. The topological polar surface area (TPSA) is 54.9 Å². The lowest BCUT2D eigenvalue weighted by atomic mass is 10.3. The fourth-order valence-electron chi connectivity index (χ4n) is 1.68. The maximum atomic E-state index is 11.1. The van der Waals surface area contributed by atoms with Crippen molar-refractivity contribution in [2.24, 2.45) is 0 Å². The Balaban J connectivity index is 1.93. The quantitative estimate of drug-likeness (QED) is 0.886. The van der Waals surface area contributed by atoms with Gasteiger partial charge in [0.2, 0.25) is 0 Å². The van der Waals surface area contributed by atoms with Gasteiger partial charge in [-0.05, 0) is 19.1 Å². The number of hydrogen-bond donors (Lipinski definition) is 1. The molecule has 4 nitrogen and oxygen atoms in total. The third-order valence-electron chi connectivity index (χ3n) is 2.55. The Kier molecular flexibility index (Phi) is 5.18. The van der Waals surface area contributed by atoms with E-state index in [1.807, 2.05) is 30.5 Å². The minimum absolute atomic E-state index is 0.228. The van der Waals surface area contributed by atoms with E-state index in [0.29, 0.717) is 12.3 Å². The van der Waals surface area contributed by atoms with Gasteiger partial charge >= 0.3 is 0 Å². The standard InChI is InChI=1S/C13H17N3OS2/c1-10(9-19(2)17)15-7-11-8-18-13(16-11)12-5-3-4-6-14-12/h3-6,8,10,15H,7,9H2,1-2H3. The van der Waals surface area contributed by atoms with Gasteiger partial charge in [0.25, 0.3) is 0 Å². The fourth-order valence-corrected chi connectivity index (χ4v) is 3.30. The lowest BCUT2D eigenvalue weighted by Gasteiger charge is -2.10. The number of nitrogens with zero attached hydrogens (tertiary/aromatic N) is 2. The Hall–Kier alpha value is -1.11. The van der Waals surface area contributed by atoms with Gasteiger partial charge < -0.3 is 5.32 Å². The molecule has 19 heavy (non-hydrogen) atoms. The maximum Gasteiger partial charge on any atom is 0.142 e. The average molecular weight is 295 g/mol. The second-order valence-corrected chi connectivity index (χ2v) is 6.72. The number of nitrogens with one attached hydrogen (secondary N) is 1. The molecular weight excluding hydrogens is 278 g/mol. The molecule has 2 atom stereocenters. The molecule has 0 aliphatic rings. The molecule has 2 unspecified atom stereocenters. The summed E-state index contributed by atoms with van der Waals surface area (Å²) in [5, 5.41) is 6.29. The molecule has 0 aromatic carbocycles. The van der Waals surface area contributed by atoms with E-state index >= 15 is 0 Å². The summed E-state index contributed by atoms with van der Waals surface area (Å²) in [6, 6.07) is 6.04. The summed E-state index contributed by atoms with van der Waals surface area (Å²) >= 11 is 1.59. The molecule has 0 aliphatic carbocycles. The molecule has 2 aromatic heterocycles. The molecule has 0 amide bonds. The highest BCUT2D eigenvalue weighted by Crippen LogP contribution is 2.21. The van der Waals surface area contributed by atoms with E-state index in [0.717, 1.165) is 16.4 Å². The first-order valence-corrected chi connectivity index (χ1v) is 8.65. The van der Waals surface area contributed by atoms with Crippen molar-refractivity contribution in [2.45, 2.75) is 19.5 Å². The fraction of sp³-hybridized carbons (Fsp3) is 0.385. The zero-order valence-corrected chi connectivity index (χ0v) is 12.6. The van der Waals surface area contributed by atoms with Gasteiger partial charge in [0.15, 0.2) is 0 Å². The Morgan fingerprint density at radius 3 is 3.00 bits per heavy atom. The van der Waals surface area contributed by atoms with Crippen LogP contribution in [0.2, 0.25) is 0 Å². The van der Waals surface area contributed by atoms with Crippen LogP contribution in [0, 0.1) is 0 Å². The average Bonchev–Trinajstić information content (AvgIpc) is 2.85. The van der Waals surface area contributed by atoms with Gasteiger partial charge in [-0.25, -0.2) is 4.98 Å². The summed E-state index contributed by atoms with van der Waals surface area (Å²) < 4.78 is 11.1. The molecule has 0 spiro atoms. The van der Waals surface area contributed by atoms with Gasteiger partial charge in [0.1, 0.15) is 5.01 Å². The van der Waals surface area contributed by atoms with E-state index in [2.05, 4.69) is 15.3 Å². The van der Waals surface area contributed by atoms with Crippen LogP contribution in [-0.4, -0.2) is 32.2 Å². The molecule has 6 heteroatoms. The van der Waals surface area contributed by atoms with Crippen molar-refractivity contribution in [2.75, 3.05) is 12.0 Å². The van der Waals surface area contributed by atoms with Crippen molar-refractivity contribution in [1.29, 1.82) is 0 Å². The Morgan fingerprint density at radius 2 is 2.32 bits per heavy atom. The lowest BCUT2D eigenvalue weighted by Crippen LogP contribution is -2.30. The zero-order chi connectivity index (χ0) is 13.7. The van der Waals surface area contributed by atoms with E-state index in [9.17, 15) is 4.21 Å². The molecule has 2 rings (SSSR count). The van der Waals surface area contributed by atoms with Crippen LogP contribution in [0.25, 0.3) is 10.7 Å². The van der Waals surface area contributed by atoms with Gasteiger partial charge in [-0.15, -0.1) is 11.3 Å². The molecule has 2 heterocycles. The Morgan fingerprint density at radius 1 is 1.47 bits per heavy atom. The third kappa shape index (κ3) is 4.49. The summed E-state index contributed by atoms with van der Waals surface area (Å²) in [5.41, 5.74) is 1.90. The van der Waals surface area contributed by atoms with Crippen LogP contribution >= 0.6 is 11.3 Å². The van der Waals surface area contributed by atoms with Crippen LogP contribution in [0.3, 0.4) is 0 Å². The summed E-state index contributed by atoms with van der Waals surface area (Å²) in [5.74, 6) is 0.664. The predicted molar refractivity (Wildman–Crippen MR) is 80.6 cm³/mol. The lowest BCUT2D eigenvalue weighted by molar-refractivity contribution is 0.582. The highest BCUT2D eigenvalue weighted by atomic mass is 32.2. The van der Waals surface area contributed by atoms with Crippen LogP contribution in [-0.2, 0) is 17.3 Å². The minimum atomic E-state index is -0.768. The van der Waals surface area contributed by atoms with Crippen molar-refractivity contribution in [3.05, 3.63) is 35.5 Å². The molecule has 102 valence electrons. The molecule has 0 saturated carbocycles. The Labute approximate surface area is 119 Å². The van der Waals surface area contributed by atoms with Crippen LogP contribution in [0.5, 0.6) is 0 Å². The van der Waals surface area contributed by atoms with E-state index in [1.165, 1.54) is 0 Å². The van der Waals surface area contributed by atoms with Crippen molar-refractivity contribution >= 4 is 22.1 Å². The van der Waals surface area contributed by atoms with Gasteiger partial charge in [-0.2, -0.15) is 0 Å². The van der Waals surface area contributed by atoms with Gasteiger partial charge in [0.05, 0.1) is 11.4 Å². The van der Waals surface area contributed by atoms with Crippen molar-refractivity contribution in [1.82, 2.24) is 15.3 Å². The third-order valence-corrected chi connectivity index (χ3v) is 4.44. The number of rotatable bonds is 6. The van der Waals surface area contributed by atoms with Gasteiger partial charge in [0, 0.05) is 47.0 Å². The number of hydrogen-bond acceptors (Lipinski definition) is 5. The number of aromatic nitrogens is 2. The highest BCUT2D eigenvalue weighted by Gasteiger charge is 2.07. The zero-order valence-electron chi connectivity index (χ0n) is 11.0. The normalized spacial score (nSPS) is 14.2. The molecule has 0 aliphatic heterocycles. The molecule has 0 saturated heterocycles. The second-order valence-electron chi connectivity index (χ2n) is 4.38. The number of pyridine rings is 1. The van der Waals surface area contributed by atoms with Crippen LogP contribution in [0.4, 0.5) is 0 Å². The van der Waals surface area contributed by atoms with Crippen LogP contribution < -0.4 is 5.32 Å². The highest BCUT2D eigenvalue weighted by molar-refractivity contribution is 7.84. The Bertz CT molecular complexity index is 542. The first-order valence-electron chi connectivity index (χ1n) is 6.04. The first kappa shape index (κ1) is 14.3. The smallest absolute Gasteiger partial charge is 0.142 e. The van der Waals surface area contributed by atoms with Gasteiger partial charge in [-0.3, -0.25) is 9.19 Å². The number of thiazole rings is 1. The van der Waals surface area contributed by atoms with Crippen molar-refractivity contribution < 1.29 is 4.21 Å². The maximum absolute atomic E-state index is 11.1. The predicted octanol–water partition coefficient (Wildman–Crippen LogP) is 2.06. The second kappa shape index (κ2) is 6.88. The van der Waals surface area contributed by atoms with Crippen molar-refractivity contribution in [3.8, 4) is 10.7 Å². The summed E-state index contributed by atoms with van der Waals surface area (Å²) in [4.78, 5) is 8.83. The van der Waals surface area contributed by atoms with Crippen molar-refractivity contribution in [3.63, 3.8) is 0 Å². The molecule has 0 bridgehead atoms.